The van der Waals surface area contributed by atoms with Gasteiger partial charge in [0.2, 0.25) is 0 Å². The lowest BCUT2D eigenvalue weighted by atomic mass is 9.60. The molecule has 4 atom stereocenters. The molecule has 6 aliphatic rings. The molecule has 0 N–H and O–H groups in total. The molecule has 0 aromatic heterocycles. The van der Waals surface area contributed by atoms with Crippen molar-refractivity contribution in [1.82, 2.24) is 0 Å². The number of rotatable bonds is 0. The Morgan fingerprint density at radius 3 is 2.81 bits per heavy atom. The van der Waals surface area contributed by atoms with Crippen LogP contribution in [-0.4, -0.2) is 5.78 Å². The number of hydrogen-bond acceptors (Lipinski definition) is 1. The highest BCUT2D eigenvalue weighted by Gasteiger charge is 2.57. The van der Waals surface area contributed by atoms with Crippen molar-refractivity contribution in [2.75, 3.05) is 0 Å². The van der Waals surface area contributed by atoms with E-state index in [-0.39, 0.29) is 11.3 Å². The van der Waals surface area contributed by atoms with Crippen LogP contribution in [0.5, 0.6) is 0 Å². The first-order valence-corrected chi connectivity index (χ1v) is 10.5. The Hall–Kier alpha value is -1.89. The molecule has 26 heavy (non-hydrogen) atoms. The summed E-state index contributed by atoms with van der Waals surface area (Å²) >= 11 is 0. The van der Waals surface area contributed by atoms with Gasteiger partial charge in [-0.2, -0.15) is 0 Å². The van der Waals surface area contributed by atoms with E-state index in [1.807, 2.05) is 0 Å². The van der Waals surface area contributed by atoms with Gasteiger partial charge in [0, 0.05) is 17.8 Å². The maximum atomic E-state index is 13.3. The molecule has 2 aromatic carbocycles. The van der Waals surface area contributed by atoms with Gasteiger partial charge in [0.05, 0.1) is 0 Å². The number of allylic oxidation sites excluding steroid dienone is 2. The van der Waals surface area contributed by atoms with Crippen molar-refractivity contribution in [1.29, 1.82) is 0 Å². The molecule has 2 aromatic rings. The van der Waals surface area contributed by atoms with Gasteiger partial charge < -0.3 is 0 Å². The smallest absolute Gasteiger partial charge is 0.141 e. The van der Waals surface area contributed by atoms with E-state index < -0.39 is 0 Å². The van der Waals surface area contributed by atoms with Crippen LogP contribution in [0.4, 0.5) is 0 Å². The summed E-state index contributed by atoms with van der Waals surface area (Å²) in [5.41, 5.74) is 8.08. The van der Waals surface area contributed by atoms with Crippen LogP contribution in [0.15, 0.2) is 41.5 Å². The van der Waals surface area contributed by atoms with Gasteiger partial charge in [-0.15, -0.1) is 0 Å². The van der Waals surface area contributed by atoms with E-state index in [9.17, 15) is 4.79 Å². The van der Waals surface area contributed by atoms with Crippen LogP contribution < -0.4 is 0 Å². The first-order valence-electron chi connectivity index (χ1n) is 10.5. The predicted molar refractivity (Wildman–Crippen MR) is 103 cm³/mol. The molecule has 130 valence electrons. The second-order valence-corrected chi connectivity index (χ2v) is 9.67. The second kappa shape index (κ2) is 4.50. The van der Waals surface area contributed by atoms with Crippen molar-refractivity contribution in [3.05, 3.63) is 58.2 Å². The van der Waals surface area contributed by atoms with E-state index in [2.05, 4.69) is 30.3 Å². The van der Waals surface area contributed by atoms with E-state index in [1.165, 1.54) is 60.4 Å². The zero-order valence-electron chi connectivity index (χ0n) is 15.2. The summed E-state index contributed by atoms with van der Waals surface area (Å²) in [5, 5.41) is 2.71. The fraction of sp³-hybridized carbons (Fsp3) is 0.480. The third-order valence-electron chi connectivity index (χ3n) is 8.74. The molecule has 6 aliphatic carbocycles. The van der Waals surface area contributed by atoms with Crippen molar-refractivity contribution in [2.24, 2.45) is 17.3 Å². The van der Waals surface area contributed by atoms with E-state index in [0.717, 1.165) is 12.3 Å². The van der Waals surface area contributed by atoms with Crippen molar-refractivity contribution >= 4 is 16.6 Å². The second-order valence-electron chi connectivity index (χ2n) is 9.67. The Morgan fingerprint density at radius 2 is 1.85 bits per heavy atom. The molecule has 0 heterocycles. The summed E-state index contributed by atoms with van der Waals surface area (Å²) in [4.78, 5) is 13.3. The number of carbonyl (C=O) groups excluding carboxylic acids is 1. The van der Waals surface area contributed by atoms with Crippen LogP contribution >= 0.6 is 0 Å². The zero-order chi connectivity index (χ0) is 17.0. The average molecular weight is 340 g/mol. The molecule has 1 saturated carbocycles. The highest BCUT2D eigenvalue weighted by atomic mass is 16.1. The minimum Gasteiger partial charge on any atom is -0.299 e. The number of fused-ring (bicyclic) bond motifs is 2. The van der Waals surface area contributed by atoms with Gasteiger partial charge in [-0.25, -0.2) is 0 Å². The Morgan fingerprint density at radius 1 is 0.923 bits per heavy atom. The molecular formula is C25H24O. The van der Waals surface area contributed by atoms with Gasteiger partial charge in [-0.05, 0) is 84.2 Å². The average Bonchev–Trinajstić information content (AvgIpc) is 3.23. The zero-order valence-corrected chi connectivity index (χ0v) is 15.2. The highest BCUT2D eigenvalue weighted by molar-refractivity contribution is 5.91. The van der Waals surface area contributed by atoms with Crippen molar-refractivity contribution in [3.63, 3.8) is 0 Å². The highest BCUT2D eigenvalue weighted by Crippen LogP contribution is 2.66. The first-order chi connectivity index (χ1) is 12.7. The molecule has 1 spiro atoms. The number of carbonyl (C=O) groups is 1. The standard InChI is InChI=1S/C25H24O/c26-24-12-20-8-15-2-1-14-7-18(15)9-19(20)11-23(24)25-6-5-17(13-25)21-10-16(14)3-4-22(21)25/h1-2,7-9,16-17,23H,3-6,10-13H2. The summed E-state index contributed by atoms with van der Waals surface area (Å²) in [6.07, 6.45) is 9.34. The molecule has 8 rings (SSSR count). The van der Waals surface area contributed by atoms with Gasteiger partial charge in [0.15, 0.2) is 0 Å². The summed E-state index contributed by atoms with van der Waals surface area (Å²) in [6, 6.07) is 11.9. The summed E-state index contributed by atoms with van der Waals surface area (Å²) in [5.74, 6) is 2.26. The molecule has 0 saturated heterocycles. The van der Waals surface area contributed by atoms with Gasteiger partial charge in [0.1, 0.15) is 5.78 Å². The lowest BCUT2D eigenvalue weighted by molar-refractivity contribution is -0.126. The van der Waals surface area contributed by atoms with E-state index >= 15 is 0 Å². The minimum absolute atomic E-state index is 0.238. The quantitative estimate of drug-likeness (QED) is 0.579. The summed E-state index contributed by atoms with van der Waals surface area (Å²) in [6.45, 7) is 0. The topological polar surface area (TPSA) is 17.1 Å². The number of Topliss-reactive ketones (excluding diaryl/α,β-unsaturated/α-hetero) is 1. The molecule has 9 bridgehead atoms. The molecule has 1 fully saturated rings. The van der Waals surface area contributed by atoms with E-state index in [4.69, 9.17) is 0 Å². The maximum absolute atomic E-state index is 13.3. The third-order valence-corrected chi connectivity index (χ3v) is 8.74. The molecule has 0 aliphatic heterocycles. The van der Waals surface area contributed by atoms with Gasteiger partial charge >= 0.3 is 0 Å². The Balaban J connectivity index is 1.56. The van der Waals surface area contributed by atoms with Crippen LogP contribution in [-0.2, 0) is 17.6 Å². The molecule has 4 unspecified atom stereocenters. The monoisotopic (exact) mass is 340 g/mol. The van der Waals surface area contributed by atoms with Gasteiger partial charge in [-0.1, -0.05) is 41.5 Å². The van der Waals surface area contributed by atoms with E-state index in [0.29, 0.717) is 18.1 Å². The largest absolute Gasteiger partial charge is 0.299 e. The number of ketones is 1. The molecule has 1 nitrogen and oxygen atoms in total. The first kappa shape index (κ1) is 14.2. The summed E-state index contributed by atoms with van der Waals surface area (Å²) in [7, 11) is 0. The minimum atomic E-state index is 0.238. The number of hydrogen-bond donors (Lipinski definition) is 0. The fourth-order valence-corrected chi connectivity index (χ4v) is 7.58. The van der Waals surface area contributed by atoms with Crippen LogP contribution in [0, 0.1) is 17.3 Å². The van der Waals surface area contributed by atoms with Crippen LogP contribution in [0.3, 0.4) is 0 Å². The van der Waals surface area contributed by atoms with Crippen LogP contribution in [0.2, 0.25) is 0 Å². The van der Waals surface area contributed by atoms with E-state index in [1.54, 1.807) is 16.7 Å². The fourth-order valence-electron chi connectivity index (χ4n) is 7.58. The Kier molecular flexibility index (Phi) is 2.46. The van der Waals surface area contributed by atoms with Crippen LogP contribution in [0.1, 0.15) is 61.1 Å². The Bertz CT molecular complexity index is 1040. The number of benzene rings is 2. The van der Waals surface area contributed by atoms with Gasteiger partial charge in [0.25, 0.3) is 0 Å². The van der Waals surface area contributed by atoms with Crippen molar-refractivity contribution < 1.29 is 4.79 Å². The normalized spacial score (nSPS) is 36.5. The Labute approximate surface area is 154 Å². The van der Waals surface area contributed by atoms with Crippen LogP contribution in [0.25, 0.3) is 10.8 Å². The molecule has 0 radical (unpaired) electrons. The SMILES string of the molecule is O=C1Cc2cc3ccc4cc3cc2CC1C12CCC(C1)C1=C2CCC4C1. The third kappa shape index (κ3) is 1.57. The lowest BCUT2D eigenvalue weighted by Crippen LogP contribution is -2.40. The summed E-state index contributed by atoms with van der Waals surface area (Å²) < 4.78 is 0. The molecule has 1 heteroatoms. The van der Waals surface area contributed by atoms with Crippen molar-refractivity contribution in [2.45, 2.75) is 57.3 Å². The van der Waals surface area contributed by atoms with Gasteiger partial charge in [-0.3, -0.25) is 4.79 Å². The lowest BCUT2D eigenvalue weighted by Gasteiger charge is -2.43. The van der Waals surface area contributed by atoms with Crippen molar-refractivity contribution in [3.8, 4) is 0 Å². The maximum Gasteiger partial charge on any atom is 0.141 e. The molecule has 0 amide bonds. The molecular weight excluding hydrogens is 316 g/mol. The predicted octanol–water partition coefficient (Wildman–Crippen LogP) is 5.50.